The average molecular weight is 573 g/mol. The van der Waals surface area contributed by atoms with E-state index in [1.807, 2.05) is 57.2 Å². The molecule has 1 aromatic heterocycles. The van der Waals surface area contributed by atoms with Crippen LogP contribution in [0, 0.1) is 0 Å². The molecule has 4 aromatic rings. The smallest absolute Gasteiger partial charge is 0.301 e. The van der Waals surface area contributed by atoms with Gasteiger partial charge in [-0.3, -0.25) is 14.5 Å². The number of anilines is 1. The summed E-state index contributed by atoms with van der Waals surface area (Å²) in [6.07, 6.45) is 1.70. The number of hydrogen-bond donors (Lipinski definition) is 1. The molecule has 0 bridgehead atoms. The lowest BCUT2D eigenvalue weighted by Crippen LogP contribution is -2.29. The number of carbonyl (C=O) groups excluding carboxylic acids is 2. The van der Waals surface area contributed by atoms with Gasteiger partial charge in [0.2, 0.25) is 0 Å². The first-order valence-corrected chi connectivity index (χ1v) is 14.6. The normalized spacial score (nSPS) is 16.4. The number of nitrogens with zero attached hydrogens (tertiary/aromatic N) is 2. The van der Waals surface area contributed by atoms with Crippen molar-refractivity contribution in [3.63, 3.8) is 0 Å². The van der Waals surface area contributed by atoms with Crippen LogP contribution in [-0.2, 0) is 9.59 Å². The summed E-state index contributed by atoms with van der Waals surface area (Å²) in [5.41, 5.74) is 1.69. The van der Waals surface area contributed by atoms with Gasteiger partial charge in [-0.15, -0.1) is 0 Å². The van der Waals surface area contributed by atoms with Crippen molar-refractivity contribution in [1.29, 1.82) is 0 Å². The van der Waals surface area contributed by atoms with E-state index in [1.165, 1.54) is 16.2 Å². The largest absolute Gasteiger partial charge is 0.507 e. The molecule has 0 aliphatic carbocycles. The summed E-state index contributed by atoms with van der Waals surface area (Å²) in [5, 5.41) is 11.8. The van der Waals surface area contributed by atoms with Crippen LogP contribution >= 0.6 is 11.3 Å². The van der Waals surface area contributed by atoms with Crippen LogP contribution in [0.2, 0.25) is 0 Å². The quantitative estimate of drug-likeness (QED) is 0.119. The van der Waals surface area contributed by atoms with Gasteiger partial charge in [0.25, 0.3) is 5.78 Å². The first kappa shape index (κ1) is 28.2. The first-order valence-electron chi connectivity index (χ1n) is 13.8. The van der Waals surface area contributed by atoms with E-state index >= 15 is 0 Å². The lowest BCUT2D eigenvalue weighted by molar-refractivity contribution is -0.132. The number of benzene rings is 3. The lowest BCUT2D eigenvalue weighted by atomic mass is 9.95. The fraction of sp³-hybridized carbons (Fsp3) is 0.281. The van der Waals surface area contributed by atoms with Gasteiger partial charge in [-0.2, -0.15) is 0 Å². The van der Waals surface area contributed by atoms with E-state index in [1.54, 1.807) is 30.3 Å². The van der Waals surface area contributed by atoms with Crippen molar-refractivity contribution >= 4 is 44.1 Å². The molecule has 1 atom stereocenters. The van der Waals surface area contributed by atoms with Crippen LogP contribution in [0.5, 0.6) is 17.2 Å². The molecule has 212 valence electrons. The monoisotopic (exact) mass is 572 g/mol. The average Bonchev–Trinajstić information content (AvgIpc) is 3.52. The van der Waals surface area contributed by atoms with Crippen molar-refractivity contribution in [2.75, 3.05) is 24.7 Å². The summed E-state index contributed by atoms with van der Waals surface area (Å²) in [7, 11) is 0. The minimum atomic E-state index is -0.914. The Hall–Kier alpha value is -4.37. The van der Waals surface area contributed by atoms with E-state index < -0.39 is 17.7 Å². The second-order valence-electron chi connectivity index (χ2n) is 9.52. The van der Waals surface area contributed by atoms with Gasteiger partial charge in [-0.25, -0.2) is 4.98 Å². The molecule has 0 radical (unpaired) electrons. The molecule has 0 spiro atoms. The number of ether oxygens (including phenoxy) is 3. The number of aliphatic hydroxyl groups is 1. The number of amides is 1. The number of thiazole rings is 1. The molecular formula is C32H32N2O6S. The molecule has 5 rings (SSSR count). The zero-order chi connectivity index (χ0) is 28.9. The van der Waals surface area contributed by atoms with Crippen LogP contribution in [0.25, 0.3) is 16.0 Å². The van der Waals surface area contributed by atoms with Gasteiger partial charge in [0.05, 0.1) is 41.7 Å². The highest BCUT2D eigenvalue weighted by Gasteiger charge is 2.48. The van der Waals surface area contributed by atoms with Gasteiger partial charge in [-0.1, -0.05) is 37.3 Å². The second kappa shape index (κ2) is 12.4. The number of carbonyl (C=O) groups is 2. The maximum Gasteiger partial charge on any atom is 0.301 e. The Morgan fingerprint density at radius 2 is 1.56 bits per heavy atom. The maximum absolute atomic E-state index is 13.6. The van der Waals surface area contributed by atoms with Crippen molar-refractivity contribution < 1.29 is 28.9 Å². The maximum atomic E-state index is 13.6. The summed E-state index contributed by atoms with van der Waals surface area (Å²) in [6, 6.07) is 18.7. The predicted octanol–water partition coefficient (Wildman–Crippen LogP) is 6.90. The Bertz CT molecular complexity index is 1590. The Kier molecular flexibility index (Phi) is 8.54. The number of Topliss-reactive ketones (excluding diaryl/α,β-unsaturated/α-hetero) is 1. The van der Waals surface area contributed by atoms with E-state index in [4.69, 9.17) is 19.2 Å². The minimum absolute atomic E-state index is 0.0147. The lowest BCUT2D eigenvalue weighted by Gasteiger charge is -2.23. The number of rotatable bonds is 11. The second-order valence-corrected chi connectivity index (χ2v) is 10.5. The number of aliphatic hydroxyl groups excluding tert-OH is 1. The van der Waals surface area contributed by atoms with Crippen molar-refractivity contribution in [3.8, 4) is 17.2 Å². The molecule has 1 amide bonds. The number of fused-ring (bicyclic) bond motifs is 1. The minimum Gasteiger partial charge on any atom is -0.507 e. The predicted molar refractivity (Wildman–Crippen MR) is 160 cm³/mol. The Morgan fingerprint density at radius 3 is 2.27 bits per heavy atom. The highest BCUT2D eigenvalue weighted by atomic mass is 32.1. The van der Waals surface area contributed by atoms with Gasteiger partial charge in [0.15, 0.2) is 5.13 Å². The molecule has 1 unspecified atom stereocenters. The fourth-order valence-corrected chi connectivity index (χ4v) is 5.70. The molecule has 1 fully saturated rings. The highest BCUT2D eigenvalue weighted by Crippen LogP contribution is 2.45. The molecule has 2 heterocycles. The molecule has 8 nitrogen and oxygen atoms in total. The van der Waals surface area contributed by atoms with Crippen LogP contribution in [0.3, 0.4) is 0 Å². The molecule has 9 heteroatoms. The molecule has 1 saturated heterocycles. The van der Waals surface area contributed by atoms with Gasteiger partial charge in [-0.05, 0) is 79.9 Å². The number of hydrogen-bond acceptors (Lipinski definition) is 8. The van der Waals surface area contributed by atoms with Crippen LogP contribution < -0.4 is 19.1 Å². The van der Waals surface area contributed by atoms with E-state index in [-0.39, 0.29) is 11.3 Å². The molecule has 41 heavy (non-hydrogen) atoms. The standard InChI is InChI=1S/C32H32N2O6S/c1-4-16-39-22-12-10-20(11-13-22)29(35)27-28(21-8-7-9-23(18-21)40-17-5-2)34(31(37)30(27)36)32-33-25-15-14-24(38-6-3)19-26(25)41-32/h7-15,18-19,28,35H,4-6,16-17H2,1-3H3/b29-27+. The van der Waals surface area contributed by atoms with Crippen molar-refractivity contribution in [3.05, 3.63) is 83.4 Å². The molecule has 3 aromatic carbocycles. The number of aromatic nitrogens is 1. The third-order valence-electron chi connectivity index (χ3n) is 6.56. The molecular weight excluding hydrogens is 540 g/mol. The Morgan fingerprint density at radius 1 is 0.878 bits per heavy atom. The first-order chi connectivity index (χ1) is 19.9. The third kappa shape index (κ3) is 5.76. The summed E-state index contributed by atoms with van der Waals surface area (Å²) in [5.74, 6) is 0.148. The third-order valence-corrected chi connectivity index (χ3v) is 7.57. The SMILES string of the molecule is CCCOc1ccc(/C(O)=C2\C(=O)C(=O)N(c3nc4ccc(OCC)cc4s3)C2c2cccc(OCCC)c2)cc1. The van der Waals surface area contributed by atoms with E-state index in [0.29, 0.717) is 58.8 Å². The Labute approximate surface area is 242 Å². The molecule has 1 aliphatic rings. The Balaban J connectivity index is 1.63. The van der Waals surface area contributed by atoms with Gasteiger partial charge < -0.3 is 19.3 Å². The van der Waals surface area contributed by atoms with E-state index in [9.17, 15) is 14.7 Å². The molecule has 1 aliphatic heterocycles. The van der Waals surface area contributed by atoms with Crippen LogP contribution in [0.1, 0.15) is 50.8 Å². The van der Waals surface area contributed by atoms with E-state index in [0.717, 1.165) is 17.5 Å². The summed E-state index contributed by atoms with van der Waals surface area (Å²) in [6.45, 7) is 7.56. The van der Waals surface area contributed by atoms with Crippen LogP contribution in [-0.4, -0.2) is 41.6 Å². The van der Waals surface area contributed by atoms with E-state index in [2.05, 4.69) is 0 Å². The van der Waals surface area contributed by atoms with Crippen molar-refractivity contribution in [2.45, 2.75) is 39.7 Å². The topological polar surface area (TPSA) is 98.2 Å². The van der Waals surface area contributed by atoms with Crippen LogP contribution in [0.15, 0.2) is 72.3 Å². The number of ketones is 1. The zero-order valence-electron chi connectivity index (χ0n) is 23.3. The summed E-state index contributed by atoms with van der Waals surface area (Å²) in [4.78, 5) is 33.3. The highest BCUT2D eigenvalue weighted by molar-refractivity contribution is 7.22. The fourth-order valence-electron chi connectivity index (χ4n) is 4.68. The van der Waals surface area contributed by atoms with Crippen molar-refractivity contribution in [2.24, 2.45) is 0 Å². The van der Waals surface area contributed by atoms with Gasteiger partial charge in [0, 0.05) is 5.56 Å². The summed E-state index contributed by atoms with van der Waals surface area (Å²) < 4.78 is 18.0. The van der Waals surface area contributed by atoms with Gasteiger partial charge >= 0.3 is 5.91 Å². The summed E-state index contributed by atoms with van der Waals surface area (Å²) >= 11 is 1.29. The molecule has 0 saturated carbocycles. The van der Waals surface area contributed by atoms with Crippen molar-refractivity contribution in [1.82, 2.24) is 4.98 Å². The van der Waals surface area contributed by atoms with Crippen LogP contribution in [0.4, 0.5) is 5.13 Å². The van der Waals surface area contributed by atoms with Gasteiger partial charge in [0.1, 0.15) is 23.0 Å². The molecule has 1 N–H and O–H groups in total. The zero-order valence-corrected chi connectivity index (χ0v) is 24.1.